The van der Waals surface area contributed by atoms with Gasteiger partial charge in [0.05, 0.1) is 16.4 Å². The Kier molecular flexibility index (Phi) is 7.45. The number of aromatic nitrogens is 1. The Labute approximate surface area is 189 Å². The lowest BCUT2D eigenvalue weighted by molar-refractivity contribution is 0.836. The molecule has 0 unspecified atom stereocenters. The number of benzene rings is 3. The summed E-state index contributed by atoms with van der Waals surface area (Å²) in [5.41, 5.74) is 15.4. The number of hydrogen-bond donors (Lipinski definition) is 5. The highest BCUT2D eigenvalue weighted by Crippen LogP contribution is 2.34. The van der Waals surface area contributed by atoms with Crippen LogP contribution in [0.4, 0.5) is 11.4 Å². The van der Waals surface area contributed by atoms with E-state index in [4.69, 9.17) is 45.9 Å². The Bertz CT molecular complexity index is 1190. The number of aryl methyl sites for hydroxylation is 1. The van der Waals surface area contributed by atoms with Crippen LogP contribution in [0.2, 0.25) is 15.1 Å². The first kappa shape index (κ1) is 22.2. The first-order valence-corrected chi connectivity index (χ1v) is 10.5. The fourth-order valence-electron chi connectivity index (χ4n) is 3.35. The van der Waals surface area contributed by atoms with Gasteiger partial charge in [0.1, 0.15) is 0 Å². The van der Waals surface area contributed by atoms with Gasteiger partial charge in [-0.25, -0.2) is 0 Å². The molecule has 5 nitrogen and oxygen atoms in total. The predicted octanol–water partition coefficient (Wildman–Crippen LogP) is 6.47. The number of aromatic amines is 1. The van der Waals surface area contributed by atoms with Gasteiger partial charge in [0.25, 0.3) is 0 Å². The molecule has 0 aliphatic heterocycles. The van der Waals surface area contributed by atoms with Crippen molar-refractivity contribution >= 4 is 74.3 Å². The molecule has 156 valence electrons. The van der Waals surface area contributed by atoms with Crippen molar-refractivity contribution in [1.29, 1.82) is 5.41 Å². The van der Waals surface area contributed by atoms with Gasteiger partial charge in [-0.3, -0.25) is 5.41 Å². The summed E-state index contributed by atoms with van der Waals surface area (Å²) in [6, 6.07) is 15.7. The number of fused-ring (bicyclic) bond motifs is 3. The van der Waals surface area contributed by atoms with Crippen molar-refractivity contribution in [2.24, 2.45) is 11.5 Å². The van der Waals surface area contributed by atoms with Crippen molar-refractivity contribution in [2.45, 2.75) is 12.8 Å². The van der Waals surface area contributed by atoms with Crippen molar-refractivity contribution in [1.82, 2.24) is 4.98 Å². The third-order valence-electron chi connectivity index (χ3n) is 4.61. The SMILES string of the molecule is N=CN.NCCCc1cc(Nc2ccc(Cl)c(Cl)c2)cc2c1[nH]c1ccc(Cl)cc12. The Hall–Kier alpha value is -2.44. The third kappa shape index (κ3) is 4.99. The monoisotopic (exact) mass is 461 g/mol. The van der Waals surface area contributed by atoms with E-state index in [-0.39, 0.29) is 0 Å². The highest BCUT2D eigenvalue weighted by Gasteiger charge is 2.11. The van der Waals surface area contributed by atoms with Crippen LogP contribution in [-0.2, 0) is 6.42 Å². The fraction of sp³-hybridized carbons (Fsp3) is 0.136. The lowest BCUT2D eigenvalue weighted by Crippen LogP contribution is -2.01. The number of halogens is 3. The summed E-state index contributed by atoms with van der Waals surface area (Å²) in [5, 5.41) is 13.3. The molecule has 0 bridgehead atoms. The number of nitrogens with one attached hydrogen (secondary N) is 3. The Morgan fingerprint density at radius 2 is 1.70 bits per heavy atom. The van der Waals surface area contributed by atoms with Crippen LogP contribution in [0.5, 0.6) is 0 Å². The normalized spacial score (nSPS) is 10.7. The molecule has 0 amide bonds. The van der Waals surface area contributed by atoms with E-state index in [0.29, 0.717) is 16.6 Å². The van der Waals surface area contributed by atoms with Gasteiger partial charge in [-0.1, -0.05) is 34.8 Å². The zero-order valence-electron chi connectivity index (χ0n) is 16.1. The van der Waals surface area contributed by atoms with E-state index in [2.05, 4.69) is 28.2 Å². The minimum atomic E-state index is 0.518. The molecule has 0 saturated heterocycles. The van der Waals surface area contributed by atoms with Gasteiger partial charge < -0.3 is 21.8 Å². The number of anilines is 2. The minimum Gasteiger partial charge on any atom is -0.390 e. The average molecular weight is 463 g/mol. The van der Waals surface area contributed by atoms with Crippen LogP contribution in [0.15, 0.2) is 48.5 Å². The van der Waals surface area contributed by atoms with Crippen molar-refractivity contribution < 1.29 is 0 Å². The molecule has 0 spiro atoms. The molecule has 4 aromatic rings. The van der Waals surface area contributed by atoms with Crippen molar-refractivity contribution in [3.8, 4) is 0 Å². The van der Waals surface area contributed by atoms with E-state index in [1.165, 1.54) is 5.56 Å². The van der Waals surface area contributed by atoms with E-state index in [1.807, 2.05) is 30.3 Å². The van der Waals surface area contributed by atoms with Gasteiger partial charge in [-0.2, -0.15) is 0 Å². The van der Waals surface area contributed by atoms with Crippen LogP contribution in [0, 0.1) is 5.41 Å². The van der Waals surface area contributed by atoms with Crippen LogP contribution < -0.4 is 16.8 Å². The summed E-state index contributed by atoms with van der Waals surface area (Å²) in [5.74, 6) is 0. The Morgan fingerprint density at radius 1 is 0.933 bits per heavy atom. The quantitative estimate of drug-likeness (QED) is 0.173. The summed E-state index contributed by atoms with van der Waals surface area (Å²) in [6.07, 6.45) is 2.56. The van der Waals surface area contributed by atoms with Crippen LogP contribution >= 0.6 is 34.8 Å². The molecule has 0 aliphatic rings. The largest absolute Gasteiger partial charge is 0.390 e. The van der Waals surface area contributed by atoms with Gasteiger partial charge in [-0.15, -0.1) is 0 Å². The van der Waals surface area contributed by atoms with Crippen LogP contribution in [0.1, 0.15) is 12.0 Å². The molecule has 0 radical (unpaired) electrons. The van der Waals surface area contributed by atoms with E-state index >= 15 is 0 Å². The summed E-state index contributed by atoms with van der Waals surface area (Å²) in [6.45, 7) is 0.651. The van der Waals surface area contributed by atoms with Gasteiger partial charge in [0, 0.05) is 38.2 Å². The zero-order valence-corrected chi connectivity index (χ0v) is 18.4. The Morgan fingerprint density at radius 3 is 2.40 bits per heavy atom. The van der Waals surface area contributed by atoms with E-state index in [0.717, 1.165) is 57.4 Å². The van der Waals surface area contributed by atoms with Crippen LogP contribution in [0.25, 0.3) is 21.8 Å². The van der Waals surface area contributed by atoms with E-state index in [9.17, 15) is 0 Å². The van der Waals surface area contributed by atoms with E-state index in [1.54, 1.807) is 6.07 Å². The Balaban J connectivity index is 0.000000806. The van der Waals surface area contributed by atoms with Crippen LogP contribution in [0.3, 0.4) is 0 Å². The second-order valence-corrected chi connectivity index (χ2v) is 7.94. The molecule has 7 N–H and O–H groups in total. The molecule has 3 aromatic carbocycles. The second-order valence-electron chi connectivity index (χ2n) is 6.69. The lowest BCUT2D eigenvalue weighted by Gasteiger charge is -2.11. The number of rotatable bonds is 5. The van der Waals surface area contributed by atoms with Gasteiger partial charge >= 0.3 is 0 Å². The standard InChI is InChI=1S/C21H18Cl3N3.CH4N2/c22-13-3-6-20-16(9-13)17-10-15(8-12(2-1-7-25)21(17)27-20)26-14-4-5-18(23)19(24)11-14;2-1-3/h3-6,8-11,26-27H,1-2,7,25H2;1H,(H3,2,3). The highest BCUT2D eigenvalue weighted by molar-refractivity contribution is 6.42. The summed E-state index contributed by atoms with van der Waals surface area (Å²) in [7, 11) is 0. The molecule has 8 heteroatoms. The maximum absolute atomic E-state index is 6.23. The fourth-order valence-corrected chi connectivity index (χ4v) is 3.82. The highest BCUT2D eigenvalue weighted by atomic mass is 35.5. The maximum Gasteiger partial charge on any atom is 0.0765 e. The first-order valence-electron chi connectivity index (χ1n) is 9.33. The van der Waals surface area contributed by atoms with Gasteiger partial charge in [0.15, 0.2) is 0 Å². The van der Waals surface area contributed by atoms with Crippen LogP contribution in [-0.4, -0.2) is 17.9 Å². The molecule has 1 heterocycles. The second kappa shape index (κ2) is 10.0. The van der Waals surface area contributed by atoms with E-state index < -0.39 is 0 Å². The molecule has 0 aliphatic carbocycles. The first-order chi connectivity index (χ1) is 14.5. The third-order valence-corrected chi connectivity index (χ3v) is 5.58. The van der Waals surface area contributed by atoms with Crippen molar-refractivity contribution in [2.75, 3.05) is 11.9 Å². The molecule has 1 aromatic heterocycles. The molecule has 0 atom stereocenters. The molecule has 30 heavy (non-hydrogen) atoms. The molecule has 4 rings (SSSR count). The smallest absolute Gasteiger partial charge is 0.0765 e. The topological polar surface area (TPSA) is 104 Å². The molecule has 0 saturated carbocycles. The average Bonchev–Trinajstić information content (AvgIpc) is 3.07. The predicted molar refractivity (Wildman–Crippen MR) is 131 cm³/mol. The molecular weight excluding hydrogens is 441 g/mol. The van der Waals surface area contributed by atoms with Crippen molar-refractivity contribution in [3.05, 3.63) is 69.2 Å². The zero-order chi connectivity index (χ0) is 21.7. The summed E-state index contributed by atoms with van der Waals surface area (Å²) < 4.78 is 0. The molecule has 0 fully saturated rings. The molecular formula is C22H22Cl3N5. The number of hydrogen-bond acceptors (Lipinski definition) is 3. The minimum absolute atomic E-state index is 0.518. The van der Waals surface area contributed by atoms with Gasteiger partial charge in [-0.05, 0) is 73.5 Å². The maximum atomic E-state index is 6.23. The van der Waals surface area contributed by atoms with Crippen molar-refractivity contribution in [3.63, 3.8) is 0 Å². The van der Waals surface area contributed by atoms with Gasteiger partial charge in [0.2, 0.25) is 0 Å². The number of H-pyrrole nitrogens is 1. The number of nitrogens with two attached hydrogens (primary N) is 2. The lowest BCUT2D eigenvalue weighted by atomic mass is 10.0. The summed E-state index contributed by atoms with van der Waals surface area (Å²) >= 11 is 18.4. The summed E-state index contributed by atoms with van der Waals surface area (Å²) in [4.78, 5) is 3.52.